The molecule has 1 atom stereocenters. The fourth-order valence-corrected chi connectivity index (χ4v) is 3.61. The molecule has 0 saturated heterocycles. The van der Waals surface area contributed by atoms with Crippen molar-refractivity contribution >= 4 is 0 Å². The van der Waals surface area contributed by atoms with Gasteiger partial charge in [0.25, 0.3) is 0 Å². The van der Waals surface area contributed by atoms with E-state index in [2.05, 4.69) is 53.5 Å². The van der Waals surface area contributed by atoms with E-state index in [0.29, 0.717) is 5.92 Å². The lowest BCUT2D eigenvalue weighted by molar-refractivity contribution is 0.481. The van der Waals surface area contributed by atoms with Gasteiger partial charge in [0.05, 0.1) is 0 Å². The van der Waals surface area contributed by atoms with Gasteiger partial charge in [0.15, 0.2) is 0 Å². The number of aromatic nitrogens is 1. The van der Waals surface area contributed by atoms with Crippen LogP contribution in [-0.2, 0) is 12.8 Å². The van der Waals surface area contributed by atoms with Crippen LogP contribution < -0.4 is 0 Å². The Kier molecular flexibility index (Phi) is 6.02. The highest BCUT2D eigenvalue weighted by Crippen LogP contribution is 2.29. The Bertz CT molecular complexity index is 600. The van der Waals surface area contributed by atoms with Crippen molar-refractivity contribution < 1.29 is 0 Å². The van der Waals surface area contributed by atoms with Gasteiger partial charge in [0.2, 0.25) is 0 Å². The van der Waals surface area contributed by atoms with E-state index in [1.54, 1.807) is 5.57 Å². The summed E-state index contributed by atoms with van der Waals surface area (Å²) >= 11 is 0. The average Bonchev–Trinajstić information content (AvgIpc) is 2.59. The minimum atomic E-state index is 0.710. The molecule has 0 bridgehead atoms. The van der Waals surface area contributed by atoms with E-state index in [1.165, 1.54) is 49.8 Å². The van der Waals surface area contributed by atoms with Gasteiger partial charge in [0, 0.05) is 11.9 Å². The molecule has 120 valence electrons. The van der Waals surface area contributed by atoms with Gasteiger partial charge in [0.1, 0.15) is 0 Å². The van der Waals surface area contributed by atoms with E-state index < -0.39 is 0 Å². The van der Waals surface area contributed by atoms with E-state index in [9.17, 15) is 0 Å². The standard InChI is InChI=1S/C22H27N/c1-2-7-13-21(18-19-10-4-3-5-11-19)20(12-6-1)15-16-22-14-8-9-17-23-22/h3-5,8-12,14,17,21H,1-2,6-7,13,15-16,18H2/b20-12+/t21-/m0/s1. The molecule has 0 spiro atoms. The minimum Gasteiger partial charge on any atom is -0.261 e. The predicted molar refractivity (Wildman–Crippen MR) is 97.4 cm³/mol. The molecule has 0 radical (unpaired) electrons. The molecule has 0 unspecified atom stereocenters. The highest BCUT2D eigenvalue weighted by atomic mass is 14.7. The molecule has 0 amide bonds. The van der Waals surface area contributed by atoms with Crippen molar-refractivity contribution in [1.82, 2.24) is 4.98 Å². The Balaban J connectivity index is 1.69. The lowest BCUT2D eigenvalue weighted by atomic mass is 9.82. The van der Waals surface area contributed by atoms with Crippen molar-refractivity contribution in [2.45, 2.75) is 51.4 Å². The quantitative estimate of drug-likeness (QED) is 0.640. The highest BCUT2D eigenvalue weighted by molar-refractivity contribution is 5.20. The molecule has 1 aliphatic carbocycles. The number of benzene rings is 1. The smallest absolute Gasteiger partial charge is 0.0406 e. The molecule has 3 rings (SSSR count). The van der Waals surface area contributed by atoms with Gasteiger partial charge in [-0.15, -0.1) is 0 Å². The SMILES string of the molecule is C1=C(\CCc2ccccn2)[C@H](Cc2ccccc2)CCCCC/1. The Morgan fingerprint density at radius 2 is 1.74 bits per heavy atom. The van der Waals surface area contributed by atoms with Crippen LogP contribution in [0.2, 0.25) is 0 Å². The summed E-state index contributed by atoms with van der Waals surface area (Å²) in [6.45, 7) is 0. The Morgan fingerprint density at radius 1 is 0.870 bits per heavy atom. The summed E-state index contributed by atoms with van der Waals surface area (Å²) < 4.78 is 0. The first-order chi connectivity index (χ1) is 11.4. The van der Waals surface area contributed by atoms with Gasteiger partial charge in [-0.05, 0) is 62.1 Å². The molecular formula is C22H27N. The minimum absolute atomic E-state index is 0.710. The third kappa shape index (κ3) is 5.06. The van der Waals surface area contributed by atoms with Crippen molar-refractivity contribution in [1.29, 1.82) is 0 Å². The number of hydrogen-bond donors (Lipinski definition) is 0. The van der Waals surface area contributed by atoms with Gasteiger partial charge >= 0.3 is 0 Å². The van der Waals surface area contributed by atoms with Crippen LogP contribution in [0.5, 0.6) is 0 Å². The third-order valence-corrected chi connectivity index (χ3v) is 4.91. The Morgan fingerprint density at radius 3 is 2.57 bits per heavy atom. The molecule has 1 aromatic carbocycles. The molecule has 1 heteroatoms. The highest BCUT2D eigenvalue weighted by Gasteiger charge is 2.16. The zero-order chi connectivity index (χ0) is 15.7. The molecule has 0 aliphatic heterocycles. The second-order valence-electron chi connectivity index (χ2n) is 6.62. The fourth-order valence-electron chi connectivity index (χ4n) is 3.61. The monoisotopic (exact) mass is 305 g/mol. The fraction of sp³-hybridized carbons (Fsp3) is 0.409. The molecule has 1 heterocycles. The molecule has 1 aliphatic rings. The molecule has 0 N–H and O–H groups in total. The van der Waals surface area contributed by atoms with Gasteiger partial charge in [-0.2, -0.15) is 0 Å². The predicted octanol–water partition coefficient (Wildman–Crippen LogP) is 5.76. The second kappa shape index (κ2) is 8.67. The largest absolute Gasteiger partial charge is 0.261 e. The van der Waals surface area contributed by atoms with Crippen molar-refractivity contribution in [3.8, 4) is 0 Å². The number of aryl methyl sites for hydroxylation is 1. The van der Waals surface area contributed by atoms with Gasteiger partial charge < -0.3 is 0 Å². The Labute approximate surface area is 140 Å². The third-order valence-electron chi connectivity index (χ3n) is 4.91. The van der Waals surface area contributed by atoms with E-state index in [0.717, 1.165) is 12.8 Å². The Hall–Kier alpha value is -1.89. The van der Waals surface area contributed by atoms with Gasteiger partial charge in [-0.1, -0.05) is 60.9 Å². The summed E-state index contributed by atoms with van der Waals surface area (Å²) in [4.78, 5) is 4.49. The summed E-state index contributed by atoms with van der Waals surface area (Å²) in [5.41, 5.74) is 4.36. The summed E-state index contributed by atoms with van der Waals surface area (Å²) in [7, 11) is 0. The van der Waals surface area contributed by atoms with Crippen LogP contribution in [0.25, 0.3) is 0 Å². The number of allylic oxidation sites excluding steroid dienone is 2. The van der Waals surface area contributed by atoms with Crippen LogP contribution in [-0.4, -0.2) is 4.98 Å². The normalized spacial score (nSPS) is 21.0. The van der Waals surface area contributed by atoms with Gasteiger partial charge in [-0.25, -0.2) is 0 Å². The van der Waals surface area contributed by atoms with Crippen molar-refractivity contribution in [2.75, 3.05) is 0 Å². The summed E-state index contributed by atoms with van der Waals surface area (Å²) in [6, 6.07) is 17.2. The first kappa shape index (κ1) is 16.0. The number of rotatable bonds is 5. The number of hydrogen-bond acceptors (Lipinski definition) is 1. The van der Waals surface area contributed by atoms with Crippen LogP contribution in [0.4, 0.5) is 0 Å². The molecular weight excluding hydrogens is 278 g/mol. The molecule has 1 aromatic heterocycles. The molecule has 0 fully saturated rings. The van der Waals surface area contributed by atoms with Crippen molar-refractivity contribution in [2.24, 2.45) is 5.92 Å². The molecule has 0 saturated carbocycles. The van der Waals surface area contributed by atoms with Crippen LogP contribution >= 0.6 is 0 Å². The maximum Gasteiger partial charge on any atom is 0.0406 e. The first-order valence-corrected chi connectivity index (χ1v) is 9.04. The molecule has 23 heavy (non-hydrogen) atoms. The van der Waals surface area contributed by atoms with Crippen LogP contribution in [0.15, 0.2) is 66.4 Å². The summed E-state index contributed by atoms with van der Waals surface area (Å²) in [5.74, 6) is 0.710. The summed E-state index contributed by atoms with van der Waals surface area (Å²) in [5, 5.41) is 0. The van der Waals surface area contributed by atoms with E-state index in [1.807, 2.05) is 12.3 Å². The van der Waals surface area contributed by atoms with Crippen molar-refractivity contribution in [3.05, 3.63) is 77.6 Å². The maximum absolute atomic E-state index is 4.49. The number of pyridine rings is 1. The zero-order valence-corrected chi connectivity index (χ0v) is 14.0. The van der Waals surface area contributed by atoms with Crippen molar-refractivity contribution in [3.63, 3.8) is 0 Å². The first-order valence-electron chi connectivity index (χ1n) is 9.04. The van der Waals surface area contributed by atoms with Crippen LogP contribution in [0, 0.1) is 5.92 Å². The van der Waals surface area contributed by atoms with Gasteiger partial charge in [-0.3, -0.25) is 4.98 Å². The average molecular weight is 305 g/mol. The van der Waals surface area contributed by atoms with E-state index >= 15 is 0 Å². The molecule has 1 nitrogen and oxygen atoms in total. The van der Waals surface area contributed by atoms with E-state index in [4.69, 9.17) is 0 Å². The van der Waals surface area contributed by atoms with Crippen LogP contribution in [0.3, 0.4) is 0 Å². The zero-order valence-electron chi connectivity index (χ0n) is 14.0. The topological polar surface area (TPSA) is 12.9 Å². The second-order valence-corrected chi connectivity index (χ2v) is 6.62. The van der Waals surface area contributed by atoms with Crippen LogP contribution in [0.1, 0.15) is 49.8 Å². The van der Waals surface area contributed by atoms with E-state index in [-0.39, 0.29) is 0 Å². The maximum atomic E-state index is 4.49. The lowest BCUT2D eigenvalue weighted by Gasteiger charge is -2.23. The number of nitrogens with zero attached hydrogens (tertiary/aromatic N) is 1. The molecule has 2 aromatic rings. The summed E-state index contributed by atoms with van der Waals surface area (Å²) in [6.07, 6.45) is 14.6. The lowest BCUT2D eigenvalue weighted by Crippen LogP contribution is -2.11.